The van der Waals surface area contributed by atoms with Crippen LogP contribution in [0.1, 0.15) is 59.2 Å². The van der Waals surface area contributed by atoms with Crippen LogP contribution in [0.5, 0.6) is 0 Å². The van der Waals surface area contributed by atoms with Crippen LogP contribution in [-0.2, 0) is 38.2 Å². The number of benzene rings is 1. The Balaban J connectivity index is 0.000000429. The predicted molar refractivity (Wildman–Crippen MR) is 129 cm³/mol. The molecule has 2 amide bonds. The Labute approximate surface area is 231 Å². The summed E-state index contributed by atoms with van der Waals surface area (Å²) >= 11 is 0. The number of carbonyl (C=O) groups is 2. The molecule has 1 radical (unpaired) electrons. The minimum Gasteiger partial charge on any atom is -0.662 e. The predicted octanol–water partition coefficient (Wildman–Crippen LogP) is 3.37. The second kappa shape index (κ2) is 16.2. The van der Waals surface area contributed by atoms with Gasteiger partial charge in [0.25, 0.3) is 0 Å². The monoisotopic (exact) mass is 713 g/mol. The molecule has 2 heterocycles. The number of nitrogens with one attached hydrogen (secondary N) is 3. The molecular formula is C23H31F3N7O4Re-. The smallest absolute Gasteiger partial charge is 0.389 e. The number of hydrogen-bond donors (Lipinski definition) is 3. The van der Waals surface area contributed by atoms with Crippen LogP contribution in [0.15, 0.2) is 22.8 Å². The first-order chi connectivity index (χ1) is 17.7. The molecule has 211 valence electrons. The first-order valence-electron chi connectivity index (χ1n) is 11.6. The maximum absolute atomic E-state index is 12.2. The number of halogens is 3. The number of fused-ring (bicyclic) bond motifs is 1. The summed E-state index contributed by atoms with van der Waals surface area (Å²) in [7, 11) is 2.82. The van der Waals surface area contributed by atoms with Crippen molar-refractivity contribution in [2.45, 2.75) is 50.7 Å². The summed E-state index contributed by atoms with van der Waals surface area (Å²) in [5.74, 6) is 0.0486. The quantitative estimate of drug-likeness (QED) is 0.255. The van der Waals surface area contributed by atoms with Crippen molar-refractivity contribution >= 4 is 23.4 Å². The average Bonchev–Trinajstić information content (AvgIpc) is 3.44. The number of likely N-dealkylation sites (N-methyl/N-ethyl adjacent to an activating group) is 1. The number of aliphatic hydroxyl groups excluding tert-OH is 1. The number of rotatable bonds is 11. The summed E-state index contributed by atoms with van der Waals surface area (Å²) in [4.78, 5) is 30.6. The molecule has 0 atom stereocenters. The average molecular weight is 713 g/mol. The third-order valence-electron chi connectivity index (χ3n) is 5.35. The molecule has 4 rings (SSSR count). The largest absolute Gasteiger partial charge is 0.662 e. The number of carbonyl (C=O) groups excluding carboxylic acids is 2. The van der Waals surface area contributed by atoms with Gasteiger partial charge in [-0.25, -0.2) is 9.61 Å². The first kappa shape index (κ1) is 33.2. The summed E-state index contributed by atoms with van der Waals surface area (Å²) in [6, 6.07) is 5.57. The fourth-order valence-electron chi connectivity index (χ4n) is 3.42. The van der Waals surface area contributed by atoms with Crippen LogP contribution in [0.2, 0.25) is 0 Å². The van der Waals surface area contributed by atoms with E-state index < -0.39 is 18.5 Å². The van der Waals surface area contributed by atoms with Gasteiger partial charge in [0.2, 0.25) is 6.41 Å². The first-order valence-corrected chi connectivity index (χ1v) is 11.6. The van der Waals surface area contributed by atoms with Crippen molar-refractivity contribution < 1.29 is 52.9 Å². The molecule has 0 saturated heterocycles. The van der Waals surface area contributed by atoms with Crippen LogP contribution in [0.3, 0.4) is 0 Å². The molecule has 1 aliphatic carbocycles. The minimum absolute atomic E-state index is 0. The van der Waals surface area contributed by atoms with Gasteiger partial charge in [-0.3, -0.25) is 4.79 Å². The van der Waals surface area contributed by atoms with Gasteiger partial charge in [0.05, 0.1) is 11.0 Å². The van der Waals surface area contributed by atoms with Gasteiger partial charge in [-0.15, -0.1) is 0 Å². The molecule has 0 bridgehead atoms. The van der Waals surface area contributed by atoms with Crippen LogP contribution < -0.4 is 5.32 Å². The molecule has 2 aromatic heterocycles. The summed E-state index contributed by atoms with van der Waals surface area (Å²) in [6.07, 6.45) is -1.83. The van der Waals surface area contributed by atoms with Crippen molar-refractivity contribution in [3.63, 3.8) is 0 Å². The van der Waals surface area contributed by atoms with Gasteiger partial charge in [-0.1, -0.05) is 11.2 Å². The standard InChI is InChI=1S/C16H21F3N4O.C6H7N3O2.CH4O.Re/c1-20-7-8-23(11-24)10-12-4-5-13-14(9-12)22-15(21-13)3-2-6-16(17,18)19;7-6(10)5-4(3-1-2-3)8-11-9-5;1-2;/h4-5,9,11,20H,2-3,6-8,10H2,1H3,(H,21,22);3H,1-2H2,(H2,7,10);2H,1H3;/p-1. The summed E-state index contributed by atoms with van der Waals surface area (Å²) in [5.41, 5.74) is 9.86. The molecule has 1 fully saturated rings. The Morgan fingerprint density at radius 3 is 2.61 bits per heavy atom. The van der Waals surface area contributed by atoms with Crippen molar-refractivity contribution in [1.29, 1.82) is 0 Å². The van der Waals surface area contributed by atoms with Crippen LogP contribution in [0, 0.1) is 0 Å². The van der Waals surface area contributed by atoms with E-state index in [0.29, 0.717) is 42.6 Å². The Kier molecular flexibility index (Phi) is 14.1. The van der Waals surface area contributed by atoms with Crippen LogP contribution in [0.4, 0.5) is 13.2 Å². The fourth-order valence-corrected chi connectivity index (χ4v) is 3.42. The normalized spacial score (nSPS) is 12.5. The third kappa shape index (κ3) is 10.9. The number of amides is 2. The molecule has 1 aromatic carbocycles. The minimum atomic E-state index is -4.13. The van der Waals surface area contributed by atoms with Crippen molar-refractivity contribution in [2.75, 3.05) is 27.2 Å². The van der Waals surface area contributed by atoms with E-state index in [9.17, 15) is 22.8 Å². The molecule has 0 aliphatic heterocycles. The number of H-pyrrole nitrogens is 1. The molecule has 0 spiro atoms. The van der Waals surface area contributed by atoms with Gasteiger partial charge >= 0.3 is 6.18 Å². The summed E-state index contributed by atoms with van der Waals surface area (Å²) in [6.45, 7) is 1.78. The zero-order chi connectivity index (χ0) is 27.4. The maximum Gasteiger partial charge on any atom is 0.389 e. The Hall–Kier alpha value is -2.86. The molecule has 0 unspecified atom stereocenters. The van der Waals surface area contributed by atoms with E-state index in [2.05, 4.69) is 30.2 Å². The van der Waals surface area contributed by atoms with E-state index in [1.807, 2.05) is 25.2 Å². The second-order valence-electron chi connectivity index (χ2n) is 8.28. The van der Waals surface area contributed by atoms with Gasteiger partial charge in [0.15, 0.2) is 5.69 Å². The molecule has 4 N–H and O–H groups in total. The van der Waals surface area contributed by atoms with Gasteiger partial charge < -0.3 is 30.8 Å². The molecule has 15 heteroatoms. The number of aromatic amines is 1. The topological polar surface area (TPSA) is 161 Å². The second-order valence-corrected chi connectivity index (χ2v) is 8.28. The summed E-state index contributed by atoms with van der Waals surface area (Å²) < 4.78 is 40.9. The van der Waals surface area contributed by atoms with Crippen molar-refractivity contribution in [1.82, 2.24) is 30.5 Å². The SMILES string of the molecule is CNCCN(C=O)Cc1ccc2nc(CCCC(F)(F)F)[nH]c2c1.CO.[NH-]C(=O)c1nonc1C1CC1.[Re]. The van der Waals surface area contributed by atoms with Gasteiger partial charge in [-0.2, -0.15) is 13.2 Å². The van der Waals surface area contributed by atoms with Gasteiger partial charge in [0.1, 0.15) is 17.4 Å². The molecule has 1 aliphatic rings. The molecule has 1 saturated carbocycles. The third-order valence-corrected chi connectivity index (χ3v) is 5.35. The molecule has 38 heavy (non-hydrogen) atoms. The van der Waals surface area contributed by atoms with Crippen LogP contribution in [0.25, 0.3) is 16.8 Å². The van der Waals surface area contributed by atoms with Crippen LogP contribution >= 0.6 is 0 Å². The number of aryl methyl sites for hydroxylation is 1. The van der Waals surface area contributed by atoms with E-state index in [-0.39, 0.29) is 39.0 Å². The van der Waals surface area contributed by atoms with E-state index >= 15 is 0 Å². The Bertz CT molecular complexity index is 1140. The Morgan fingerprint density at radius 2 is 2.03 bits per heavy atom. The maximum atomic E-state index is 12.2. The molecular weight excluding hydrogens is 681 g/mol. The van der Waals surface area contributed by atoms with E-state index in [1.54, 1.807) is 4.90 Å². The van der Waals surface area contributed by atoms with Crippen molar-refractivity contribution in [3.05, 3.63) is 46.7 Å². The Morgan fingerprint density at radius 1 is 1.32 bits per heavy atom. The van der Waals surface area contributed by atoms with Crippen LogP contribution in [-0.4, -0.2) is 76.0 Å². The molecule has 3 aromatic rings. The number of aromatic nitrogens is 4. The van der Waals surface area contributed by atoms with Gasteiger partial charge in [0, 0.05) is 65.9 Å². The number of nitrogens with zero attached hydrogens (tertiary/aromatic N) is 4. The van der Waals surface area contributed by atoms with E-state index in [0.717, 1.165) is 37.4 Å². The van der Waals surface area contributed by atoms with Crippen molar-refractivity contribution in [2.24, 2.45) is 0 Å². The van der Waals surface area contributed by atoms with E-state index in [1.165, 1.54) is 0 Å². The number of imidazole rings is 1. The number of alkyl halides is 3. The summed E-state index contributed by atoms with van der Waals surface area (Å²) in [5, 5.41) is 16.9. The van der Waals surface area contributed by atoms with Gasteiger partial charge in [-0.05, 0) is 49.2 Å². The molecule has 11 nitrogen and oxygen atoms in total. The zero-order valence-electron chi connectivity index (χ0n) is 21.0. The fraction of sp³-hybridized carbons (Fsp3) is 0.522. The van der Waals surface area contributed by atoms with E-state index in [4.69, 9.17) is 10.8 Å². The number of hydrogen-bond acceptors (Lipinski definition) is 8. The zero-order valence-corrected chi connectivity index (χ0v) is 23.7. The number of aliphatic hydroxyl groups is 1. The van der Waals surface area contributed by atoms with Crippen molar-refractivity contribution in [3.8, 4) is 0 Å².